The van der Waals surface area contributed by atoms with E-state index in [-0.39, 0.29) is 0 Å². The van der Waals surface area contributed by atoms with Crippen LogP contribution in [0.25, 0.3) is 10.9 Å². The number of aromatic nitrogens is 1. The van der Waals surface area contributed by atoms with Crippen LogP contribution in [0.4, 0.5) is 11.4 Å². The van der Waals surface area contributed by atoms with Gasteiger partial charge in [0.05, 0.1) is 0 Å². The number of benzene rings is 2. The molecular formula is C21H25N3. The predicted octanol–water partition coefficient (Wildman–Crippen LogP) is 5.03. The van der Waals surface area contributed by atoms with E-state index in [1.807, 2.05) is 0 Å². The Labute approximate surface area is 143 Å². The van der Waals surface area contributed by atoms with Gasteiger partial charge in [0, 0.05) is 28.5 Å². The number of aromatic amines is 1. The van der Waals surface area contributed by atoms with Gasteiger partial charge in [-0.15, -0.1) is 0 Å². The van der Waals surface area contributed by atoms with Crippen molar-refractivity contribution < 1.29 is 0 Å². The topological polar surface area (TPSA) is 31.1 Å². The molecule has 1 aliphatic rings. The van der Waals surface area contributed by atoms with E-state index in [2.05, 4.69) is 77.8 Å². The molecule has 2 aromatic carbocycles. The second-order valence-corrected chi connectivity index (χ2v) is 7.08. The lowest BCUT2D eigenvalue weighted by Crippen LogP contribution is -2.29. The van der Waals surface area contributed by atoms with Crippen LogP contribution in [0.5, 0.6) is 0 Å². The number of H-pyrrole nitrogens is 1. The molecule has 0 bridgehead atoms. The number of fused-ring (bicyclic) bond motifs is 1. The highest BCUT2D eigenvalue weighted by atomic mass is 15.1. The molecular weight excluding hydrogens is 294 g/mol. The molecule has 0 unspecified atom stereocenters. The number of nitrogens with one attached hydrogen (secondary N) is 2. The predicted molar refractivity (Wildman–Crippen MR) is 102 cm³/mol. The van der Waals surface area contributed by atoms with E-state index in [1.54, 1.807) is 0 Å². The van der Waals surface area contributed by atoms with E-state index < -0.39 is 0 Å². The summed E-state index contributed by atoms with van der Waals surface area (Å²) in [7, 11) is 2.22. The van der Waals surface area contributed by atoms with Gasteiger partial charge in [0.2, 0.25) is 0 Å². The van der Waals surface area contributed by atoms with E-state index in [0.29, 0.717) is 5.92 Å². The maximum Gasteiger partial charge on any atom is 0.0458 e. The Hall–Kier alpha value is -2.26. The summed E-state index contributed by atoms with van der Waals surface area (Å²) in [4.78, 5) is 5.88. The fraction of sp³-hybridized carbons (Fsp3) is 0.333. The first kappa shape index (κ1) is 15.3. The molecule has 1 saturated heterocycles. The van der Waals surface area contributed by atoms with Crippen LogP contribution in [0.2, 0.25) is 0 Å². The van der Waals surface area contributed by atoms with Crippen molar-refractivity contribution in [1.29, 1.82) is 0 Å². The third kappa shape index (κ3) is 3.04. The van der Waals surface area contributed by atoms with Gasteiger partial charge < -0.3 is 15.2 Å². The molecule has 0 saturated carbocycles. The van der Waals surface area contributed by atoms with Crippen molar-refractivity contribution in [3.63, 3.8) is 0 Å². The van der Waals surface area contributed by atoms with Crippen LogP contribution in [0.15, 0.2) is 48.7 Å². The summed E-state index contributed by atoms with van der Waals surface area (Å²) in [5.41, 5.74) is 6.28. The minimum atomic E-state index is 0.671. The Kier molecular flexibility index (Phi) is 4.03. The Bertz CT molecular complexity index is 841. The maximum absolute atomic E-state index is 3.54. The van der Waals surface area contributed by atoms with E-state index in [0.717, 1.165) is 11.4 Å². The molecule has 0 atom stereocenters. The number of likely N-dealkylation sites (tertiary alicyclic amines) is 1. The van der Waals surface area contributed by atoms with Crippen molar-refractivity contribution in [2.45, 2.75) is 25.7 Å². The SMILES string of the molecule is Cc1cccc(Nc2ccc3[nH]cc(C4CCN(C)CC4)c3c2)c1. The van der Waals surface area contributed by atoms with Crippen LogP contribution in [-0.4, -0.2) is 30.0 Å². The summed E-state index contributed by atoms with van der Waals surface area (Å²) in [6.07, 6.45) is 4.72. The van der Waals surface area contributed by atoms with Crippen LogP contribution >= 0.6 is 0 Å². The van der Waals surface area contributed by atoms with Crippen molar-refractivity contribution >= 4 is 22.3 Å². The van der Waals surface area contributed by atoms with Gasteiger partial charge in [0.25, 0.3) is 0 Å². The molecule has 4 rings (SSSR count). The standard InChI is InChI=1S/C21H25N3/c1-15-4-3-5-17(12-15)23-18-6-7-21-19(13-18)20(14-22-21)16-8-10-24(2)11-9-16/h3-7,12-14,16,22-23H,8-11H2,1-2H3. The number of hydrogen-bond acceptors (Lipinski definition) is 2. The lowest BCUT2D eigenvalue weighted by atomic mass is 9.89. The Morgan fingerprint density at radius 1 is 1.04 bits per heavy atom. The van der Waals surface area contributed by atoms with Gasteiger partial charge in [0.15, 0.2) is 0 Å². The minimum absolute atomic E-state index is 0.671. The molecule has 0 aliphatic carbocycles. The number of rotatable bonds is 3. The molecule has 3 aromatic rings. The molecule has 1 fully saturated rings. The summed E-state index contributed by atoms with van der Waals surface area (Å²) < 4.78 is 0. The number of nitrogens with zero attached hydrogens (tertiary/aromatic N) is 1. The number of piperidine rings is 1. The van der Waals surface area contributed by atoms with Crippen LogP contribution in [0, 0.1) is 6.92 Å². The largest absolute Gasteiger partial charge is 0.361 e. The molecule has 2 N–H and O–H groups in total. The lowest BCUT2D eigenvalue weighted by Gasteiger charge is -2.28. The number of aryl methyl sites for hydroxylation is 1. The first-order valence-corrected chi connectivity index (χ1v) is 8.82. The van der Waals surface area contributed by atoms with E-state index >= 15 is 0 Å². The molecule has 1 aliphatic heterocycles. The highest BCUT2D eigenvalue weighted by Gasteiger charge is 2.21. The van der Waals surface area contributed by atoms with Gasteiger partial charge in [-0.3, -0.25) is 0 Å². The summed E-state index contributed by atoms with van der Waals surface area (Å²) in [5.74, 6) is 0.671. The normalized spacial score (nSPS) is 16.6. The highest BCUT2D eigenvalue weighted by Crippen LogP contribution is 2.34. The van der Waals surface area contributed by atoms with Crippen molar-refractivity contribution in [3.05, 3.63) is 59.8 Å². The van der Waals surface area contributed by atoms with E-state index in [4.69, 9.17) is 0 Å². The number of anilines is 2. The average Bonchev–Trinajstić information content (AvgIpc) is 2.99. The number of hydrogen-bond donors (Lipinski definition) is 2. The monoisotopic (exact) mass is 319 g/mol. The van der Waals surface area contributed by atoms with Crippen molar-refractivity contribution in [1.82, 2.24) is 9.88 Å². The fourth-order valence-corrected chi connectivity index (χ4v) is 3.77. The minimum Gasteiger partial charge on any atom is -0.361 e. The van der Waals surface area contributed by atoms with Crippen molar-refractivity contribution in [2.24, 2.45) is 0 Å². The van der Waals surface area contributed by atoms with Crippen LogP contribution in [-0.2, 0) is 0 Å². The van der Waals surface area contributed by atoms with Gasteiger partial charge in [-0.05, 0) is 87.3 Å². The Balaban J connectivity index is 1.63. The average molecular weight is 319 g/mol. The van der Waals surface area contributed by atoms with Crippen molar-refractivity contribution in [3.8, 4) is 0 Å². The van der Waals surface area contributed by atoms with Gasteiger partial charge >= 0.3 is 0 Å². The molecule has 0 spiro atoms. The van der Waals surface area contributed by atoms with Crippen LogP contribution in [0.3, 0.4) is 0 Å². The molecule has 3 heteroatoms. The van der Waals surface area contributed by atoms with Gasteiger partial charge in [0.1, 0.15) is 0 Å². The zero-order valence-corrected chi connectivity index (χ0v) is 14.5. The smallest absolute Gasteiger partial charge is 0.0458 e. The third-order valence-corrected chi connectivity index (χ3v) is 5.18. The summed E-state index contributed by atoms with van der Waals surface area (Å²) in [6, 6.07) is 15.1. The molecule has 1 aromatic heterocycles. The van der Waals surface area contributed by atoms with Crippen LogP contribution in [0.1, 0.15) is 29.9 Å². The zero-order valence-electron chi connectivity index (χ0n) is 14.5. The maximum atomic E-state index is 3.54. The lowest BCUT2D eigenvalue weighted by molar-refractivity contribution is 0.256. The molecule has 0 radical (unpaired) electrons. The summed E-state index contributed by atoms with van der Waals surface area (Å²) in [6.45, 7) is 4.51. The molecule has 24 heavy (non-hydrogen) atoms. The molecule has 0 amide bonds. The summed E-state index contributed by atoms with van der Waals surface area (Å²) >= 11 is 0. The third-order valence-electron chi connectivity index (χ3n) is 5.18. The Morgan fingerprint density at radius 2 is 1.83 bits per heavy atom. The molecule has 2 heterocycles. The van der Waals surface area contributed by atoms with Crippen LogP contribution < -0.4 is 5.32 Å². The second kappa shape index (κ2) is 6.33. The zero-order chi connectivity index (χ0) is 16.5. The molecule has 3 nitrogen and oxygen atoms in total. The van der Waals surface area contributed by atoms with Gasteiger partial charge in [-0.25, -0.2) is 0 Å². The quantitative estimate of drug-likeness (QED) is 0.709. The van der Waals surface area contributed by atoms with E-state index in [9.17, 15) is 0 Å². The second-order valence-electron chi connectivity index (χ2n) is 7.08. The van der Waals surface area contributed by atoms with Gasteiger partial charge in [-0.2, -0.15) is 0 Å². The first-order chi connectivity index (χ1) is 11.7. The first-order valence-electron chi connectivity index (χ1n) is 8.82. The summed E-state index contributed by atoms with van der Waals surface area (Å²) in [5, 5.41) is 4.90. The van der Waals surface area contributed by atoms with Gasteiger partial charge in [-0.1, -0.05) is 12.1 Å². The highest BCUT2D eigenvalue weighted by molar-refractivity contribution is 5.87. The Morgan fingerprint density at radius 3 is 2.62 bits per heavy atom. The van der Waals surface area contributed by atoms with E-state index in [1.165, 1.54) is 48.0 Å². The molecule has 124 valence electrons. The fourth-order valence-electron chi connectivity index (χ4n) is 3.77. The van der Waals surface area contributed by atoms with Crippen molar-refractivity contribution in [2.75, 3.05) is 25.5 Å².